The molecule has 7 heteroatoms. The summed E-state index contributed by atoms with van der Waals surface area (Å²) in [6.45, 7) is 6.19. The Kier molecular flexibility index (Phi) is 5.00. The lowest BCUT2D eigenvalue weighted by molar-refractivity contribution is 0.0694. The highest BCUT2D eigenvalue weighted by Gasteiger charge is 2.26. The SMILES string of the molecule is CNCC1CCN(c2cc3c(cc2F)c(=O)c(C(=O)O)cn3C(C)C)C1. The van der Waals surface area contributed by atoms with Crippen molar-refractivity contribution in [1.82, 2.24) is 9.88 Å². The Balaban J connectivity index is 2.16. The van der Waals surface area contributed by atoms with Gasteiger partial charge in [-0.05, 0) is 51.9 Å². The van der Waals surface area contributed by atoms with Gasteiger partial charge in [0.15, 0.2) is 0 Å². The molecule has 1 fully saturated rings. The second-order valence-corrected chi connectivity index (χ2v) is 7.16. The summed E-state index contributed by atoms with van der Waals surface area (Å²) in [5.74, 6) is -1.33. The van der Waals surface area contributed by atoms with Gasteiger partial charge in [-0.1, -0.05) is 0 Å². The van der Waals surface area contributed by atoms with Crippen LogP contribution >= 0.6 is 0 Å². The van der Waals surface area contributed by atoms with Crippen molar-refractivity contribution in [3.8, 4) is 0 Å². The Bertz CT molecular complexity index is 907. The lowest BCUT2D eigenvalue weighted by Crippen LogP contribution is -2.25. The number of hydrogen-bond acceptors (Lipinski definition) is 4. The Morgan fingerprint density at radius 1 is 1.42 bits per heavy atom. The second-order valence-electron chi connectivity index (χ2n) is 7.16. The molecule has 1 aliphatic heterocycles. The van der Waals surface area contributed by atoms with Crippen molar-refractivity contribution in [2.24, 2.45) is 5.92 Å². The summed E-state index contributed by atoms with van der Waals surface area (Å²) < 4.78 is 16.5. The summed E-state index contributed by atoms with van der Waals surface area (Å²) in [5.41, 5.74) is 0.0365. The number of carboxylic acid groups (broad SMARTS) is 1. The number of carbonyl (C=O) groups is 1. The number of nitrogens with one attached hydrogen (secondary N) is 1. The third-order valence-corrected chi connectivity index (χ3v) is 5.01. The minimum Gasteiger partial charge on any atom is -0.477 e. The number of nitrogens with zero attached hydrogens (tertiary/aromatic N) is 2. The molecular weight excluding hydrogens is 337 g/mol. The molecule has 1 unspecified atom stereocenters. The molecule has 0 amide bonds. The van der Waals surface area contributed by atoms with Gasteiger partial charge in [0.05, 0.1) is 11.2 Å². The highest BCUT2D eigenvalue weighted by molar-refractivity contribution is 5.93. The minimum absolute atomic E-state index is 0.0647. The number of carboxylic acids is 1. The zero-order chi connectivity index (χ0) is 19.0. The standard InChI is InChI=1S/C19H24FN3O3/c1-11(2)23-10-14(19(25)26)18(24)13-6-15(20)17(7-16(13)23)22-5-4-12(9-22)8-21-3/h6-7,10-12,21H,4-5,8-9H2,1-3H3,(H,25,26). The quantitative estimate of drug-likeness (QED) is 0.856. The van der Waals surface area contributed by atoms with E-state index in [0.29, 0.717) is 17.1 Å². The molecule has 1 aliphatic rings. The Morgan fingerprint density at radius 2 is 2.15 bits per heavy atom. The van der Waals surface area contributed by atoms with Crippen LogP contribution in [0.25, 0.3) is 10.9 Å². The molecule has 2 aromatic rings. The number of pyridine rings is 1. The molecule has 1 atom stereocenters. The van der Waals surface area contributed by atoms with E-state index in [-0.39, 0.29) is 17.0 Å². The Hall–Kier alpha value is -2.41. The summed E-state index contributed by atoms with van der Waals surface area (Å²) in [5, 5.41) is 12.5. The number of halogens is 1. The number of fused-ring (bicyclic) bond motifs is 1. The molecule has 0 radical (unpaired) electrons. The molecule has 1 aromatic carbocycles. The highest BCUT2D eigenvalue weighted by atomic mass is 19.1. The monoisotopic (exact) mass is 361 g/mol. The Labute approximate surface area is 151 Å². The van der Waals surface area contributed by atoms with Gasteiger partial charge in [-0.3, -0.25) is 4.79 Å². The van der Waals surface area contributed by atoms with Gasteiger partial charge in [-0.25, -0.2) is 9.18 Å². The number of aromatic nitrogens is 1. The molecule has 140 valence electrons. The second kappa shape index (κ2) is 7.07. The molecule has 0 saturated carbocycles. The van der Waals surface area contributed by atoms with Crippen molar-refractivity contribution in [2.45, 2.75) is 26.3 Å². The zero-order valence-corrected chi connectivity index (χ0v) is 15.3. The zero-order valence-electron chi connectivity index (χ0n) is 15.3. The third-order valence-electron chi connectivity index (χ3n) is 5.01. The maximum atomic E-state index is 14.8. The number of rotatable bonds is 5. The largest absolute Gasteiger partial charge is 0.477 e. The maximum Gasteiger partial charge on any atom is 0.341 e. The van der Waals surface area contributed by atoms with Crippen molar-refractivity contribution in [3.05, 3.63) is 39.9 Å². The molecule has 0 bridgehead atoms. The molecule has 1 saturated heterocycles. The topological polar surface area (TPSA) is 74.6 Å². The van der Waals surface area contributed by atoms with Gasteiger partial charge in [0.1, 0.15) is 11.4 Å². The van der Waals surface area contributed by atoms with E-state index in [4.69, 9.17) is 0 Å². The van der Waals surface area contributed by atoms with Gasteiger partial charge in [0.25, 0.3) is 0 Å². The van der Waals surface area contributed by atoms with Gasteiger partial charge in [-0.2, -0.15) is 0 Å². The van der Waals surface area contributed by atoms with Crippen molar-refractivity contribution in [1.29, 1.82) is 0 Å². The van der Waals surface area contributed by atoms with Crippen molar-refractivity contribution in [3.63, 3.8) is 0 Å². The van der Waals surface area contributed by atoms with Crippen LogP contribution in [0.5, 0.6) is 0 Å². The predicted molar refractivity (Wildman–Crippen MR) is 99.8 cm³/mol. The smallest absolute Gasteiger partial charge is 0.341 e. The van der Waals surface area contributed by atoms with Crippen LogP contribution in [0.2, 0.25) is 0 Å². The van der Waals surface area contributed by atoms with Crippen LogP contribution in [-0.4, -0.2) is 42.3 Å². The molecular formula is C19H24FN3O3. The van der Waals surface area contributed by atoms with Crippen LogP contribution in [0.1, 0.15) is 36.7 Å². The van der Waals surface area contributed by atoms with E-state index < -0.39 is 17.2 Å². The lowest BCUT2D eigenvalue weighted by atomic mass is 10.1. The predicted octanol–water partition coefficient (Wildman–Crippen LogP) is 2.47. The van der Waals surface area contributed by atoms with Crippen molar-refractivity contribution in [2.75, 3.05) is 31.6 Å². The number of benzene rings is 1. The van der Waals surface area contributed by atoms with E-state index in [0.717, 1.165) is 26.1 Å². The normalized spacial score (nSPS) is 17.4. The van der Waals surface area contributed by atoms with Crippen LogP contribution in [-0.2, 0) is 0 Å². The van der Waals surface area contributed by atoms with Gasteiger partial charge in [0.2, 0.25) is 5.43 Å². The molecule has 3 rings (SSSR count). The molecule has 1 aromatic heterocycles. The first-order chi connectivity index (χ1) is 12.3. The number of aromatic carboxylic acids is 1. The van der Waals surface area contributed by atoms with Crippen molar-refractivity contribution < 1.29 is 14.3 Å². The summed E-state index contributed by atoms with van der Waals surface area (Å²) in [7, 11) is 1.90. The number of anilines is 1. The average Bonchev–Trinajstić information content (AvgIpc) is 3.03. The highest BCUT2D eigenvalue weighted by Crippen LogP contribution is 2.30. The molecule has 0 aliphatic carbocycles. The summed E-state index contributed by atoms with van der Waals surface area (Å²) in [4.78, 5) is 25.9. The first-order valence-corrected chi connectivity index (χ1v) is 8.84. The molecule has 2 N–H and O–H groups in total. The Morgan fingerprint density at radius 3 is 2.77 bits per heavy atom. The number of hydrogen-bond donors (Lipinski definition) is 2. The minimum atomic E-state index is -1.30. The molecule has 2 heterocycles. The van der Waals surface area contributed by atoms with E-state index in [2.05, 4.69) is 5.32 Å². The third kappa shape index (κ3) is 3.19. The summed E-state index contributed by atoms with van der Waals surface area (Å²) in [6, 6.07) is 2.80. The van der Waals surface area contributed by atoms with Gasteiger partial charge in [0, 0.05) is 30.7 Å². The van der Waals surface area contributed by atoms with Gasteiger partial charge < -0.3 is 19.9 Å². The first kappa shape index (κ1) is 18.4. The fourth-order valence-corrected chi connectivity index (χ4v) is 3.69. The first-order valence-electron chi connectivity index (χ1n) is 8.84. The van der Waals surface area contributed by atoms with Gasteiger partial charge in [-0.15, -0.1) is 0 Å². The van der Waals surface area contributed by atoms with Crippen LogP contribution in [0.15, 0.2) is 23.1 Å². The van der Waals surface area contributed by atoms with Gasteiger partial charge >= 0.3 is 5.97 Å². The van der Waals surface area contributed by atoms with E-state index in [9.17, 15) is 19.1 Å². The summed E-state index contributed by atoms with van der Waals surface area (Å²) in [6.07, 6.45) is 2.33. The van der Waals surface area contributed by atoms with E-state index in [1.54, 1.807) is 10.6 Å². The average molecular weight is 361 g/mol. The van der Waals surface area contributed by atoms with E-state index >= 15 is 0 Å². The van der Waals surface area contributed by atoms with Crippen LogP contribution < -0.4 is 15.6 Å². The fraction of sp³-hybridized carbons (Fsp3) is 0.474. The van der Waals surface area contributed by atoms with E-state index in [1.165, 1.54) is 12.3 Å². The van der Waals surface area contributed by atoms with E-state index in [1.807, 2.05) is 25.8 Å². The van der Waals surface area contributed by atoms with Crippen LogP contribution in [0.4, 0.5) is 10.1 Å². The molecule has 6 nitrogen and oxygen atoms in total. The maximum absolute atomic E-state index is 14.8. The van der Waals surface area contributed by atoms with Crippen LogP contribution in [0.3, 0.4) is 0 Å². The van der Waals surface area contributed by atoms with Crippen LogP contribution in [0, 0.1) is 11.7 Å². The fourth-order valence-electron chi connectivity index (χ4n) is 3.69. The van der Waals surface area contributed by atoms with Crippen molar-refractivity contribution >= 4 is 22.6 Å². The lowest BCUT2D eigenvalue weighted by Gasteiger charge is -2.22. The molecule has 0 spiro atoms. The molecule has 26 heavy (non-hydrogen) atoms. The summed E-state index contributed by atoms with van der Waals surface area (Å²) >= 11 is 0.